The van der Waals surface area contributed by atoms with Gasteiger partial charge >= 0.3 is 0 Å². The van der Waals surface area contributed by atoms with Crippen LogP contribution in [0, 0.1) is 0 Å². The molecule has 0 fully saturated rings. The second-order valence-corrected chi connectivity index (χ2v) is 6.62. The third-order valence-corrected chi connectivity index (χ3v) is 4.73. The quantitative estimate of drug-likeness (QED) is 0.557. The molecule has 7 heteroatoms. The summed E-state index contributed by atoms with van der Waals surface area (Å²) in [7, 11) is 0. The normalized spacial score (nSPS) is 10.7. The maximum atomic E-state index is 13.0. The van der Waals surface area contributed by atoms with Crippen molar-refractivity contribution in [1.82, 2.24) is 24.5 Å². The Labute approximate surface area is 160 Å². The highest BCUT2D eigenvalue weighted by Crippen LogP contribution is 2.25. The molecule has 0 atom stereocenters. The third kappa shape index (κ3) is 3.93. The van der Waals surface area contributed by atoms with E-state index in [0.717, 1.165) is 22.5 Å². The summed E-state index contributed by atoms with van der Waals surface area (Å²) >= 11 is 1.17. The van der Waals surface area contributed by atoms with E-state index in [1.807, 2.05) is 36.4 Å². The lowest BCUT2D eigenvalue weighted by atomic mass is 9.99. The average Bonchev–Trinajstić information content (AvgIpc) is 3.42. The number of carbonyl (C=O) groups excluding carboxylic acids is 1. The van der Waals surface area contributed by atoms with E-state index < -0.39 is 0 Å². The molecule has 4 rings (SSSR count). The Morgan fingerprint density at radius 1 is 1.04 bits per heavy atom. The molecule has 0 saturated carbocycles. The Balaban J connectivity index is 1.67. The molecule has 4 aromatic rings. The van der Waals surface area contributed by atoms with Gasteiger partial charge in [0.25, 0.3) is 5.91 Å². The maximum absolute atomic E-state index is 13.0. The molecule has 6 nitrogen and oxygen atoms in total. The first-order valence-corrected chi connectivity index (χ1v) is 9.33. The minimum Gasteiger partial charge on any atom is -0.347 e. The molecule has 0 aliphatic rings. The Morgan fingerprint density at radius 2 is 1.85 bits per heavy atom. The second-order valence-electron chi connectivity index (χ2n) is 6.01. The fraction of sp³-hybridized carbons (Fsp3) is 0.100. The van der Waals surface area contributed by atoms with E-state index in [1.165, 1.54) is 11.5 Å². The molecule has 2 aromatic carbocycles. The van der Waals surface area contributed by atoms with Crippen molar-refractivity contribution < 1.29 is 4.79 Å². The van der Waals surface area contributed by atoms with Crippen molar-refractivity contribution in [3.8, 4) is 11.1 Å². The number of hydrogen-bond donors (Lipinski definition) is 1. The Hall–Kier alpha value is -3.32. The van der Waals surface area contributed by atoms with Crippen LogP contribution < -0.4 is 0 Å². The van der Waals surface area contributed by atoms with E-state index in [4.69, 9.17) is 0 Å². The van der Waals surface area contributed by atoms with Crippen LogP contribution in [0.3, 0.4) is 0 Å². The highest BCUT2D eigenvalue weighted by Gasteiger charge is 2.21. The topological polar surface area (TPSA) is 74.8 Å². The number of hydrogen-bond acceptors (Lipinski definition) is 5. The van der Waals surface area contributed by atoms with Gasteiger partial charge in [0.1, 0.15) is 5.82 Å². The van der Waals surface area contributed by atoms with Gasteiger partial charge in [-0.15, -0.1) is 5.10 Å². The lowest BCUT2D eigenvalue weighted by Crippen LogP contribution is -2.31. The monoisotopic (exact) mass is 375 g/mol. The first kappa shape index (κ1) is 17.1. The predicted molar refractivity (Wildman–Crippen MR) is 104 cm³/mol. The van der Waals surface area contributed by atoms with Crippen LogP contribution in [0.1, 0.15) is 21.9 Å². The zero-order valence-electron chi connectivity index (χ0n) is 14.4. The first-order valence-electron chi connectivity index (χ1n) is 8.49. The molecule has 0 spiro atoms. The Bertz CT molecular complexity index is 1000. The summed E-state index contributed by atoms with van der Waals surface area (Å²) in [6, 6.07) is 18.3. The van der Waals surface area contributed by atoms with Gasteiger partial charge in [0, 0.05) is 24.3 Å². The highest BCUT2D eigenvalue weighted by molar-refractivity contribution is 7.03. The molecule has 0 bridgehead atoms. The molecule has 0 aliphatic carbocycles. The van der Waals surface area contributed by atoms with Gasteiger partial charge in [0.15, 0.2) is 5.69 Å². The number of rotatable bonds is 6. The molecule has 2 aromatic heterocycles. The van der Waals surface area contributed by atoms with Crippen LogP contribution in [-0.4, -0.2) is 30.4 Å². The Morgan fingerprint density at radius 3 is 2.59 bits per heavy atom. The van der Waals surface area contributed by atoms with Gasteiger partial charge in [0.2, 0.25) is 0 Å². The number of nitrogens with one attached hydrogen (secondary N) is 1. The fourth-order valence-corrected chi connectivity index (χ4v) is 3.38. The van der Waals surface area contributed by atoms with Gasteiger partial charge in [-0.2, -0.15) is 0 Å². The summed E-state index contributed by atoms with van der Waals surface area (Å²) in [5.41, 5.74) is 3.64. The van der Waals surface area contributed by atoms with Gasteiger partial charge in [-0.05, 0) is 28.2 Å². The summed E-state index contributed by atoms with van der Waals surface area (Å²) in [4.78, 5) is 22.0. The van der Waals surface area contributed by atoms with Crippen LogP contribution in [0.15, 0.2) is 72.4 Å². The number of imidazole rings is 1. The van der Waals surface area contributed by atoms with Gasteiger partial charge in [-0.25, -0.2) is 4.98 Å². The van der Waals surface area contributed by atoms with Crippen LogP contribution in [-0.2, 0) is 13.1 Å². The number of benzene rings is 2. The number of nitrogens with zero attached hydrogens (tertiary/aromatic N) is 4. The second kappa shape index (κ2) is 7.92. The van der Waals surface area contributed by atoms with Crippen LogP contribution >= 0.6 is 11.5 Å². The van der Waals surface area contributed by atoms with Crippen LogP contribution in [0.5, 0.6) is 0 Å². The molecule has 0 saturated heterocycles. The van der Waals surface area contributed by atoms with Crippen molar-refractivity contribution in [3.63, 3.8) is 0 Å². The van der Waals surface area contributed by atoms with Gasteiger partial charge in [-0.3, -0.25) is 4.79 Å². The molecule has 134 valence electrons. The molecular weight excluding hydrogens is 358 g/mol. The predicted octanol–water partition coefficient (Wildman–Crippen LogP) is 3.77. The van der Waals surface area contributed by atoms with Crippen molar-refractivity contribution in [2.24, 2.45) is 0 Å². The zero-order chi connectivity index (χ0) is 18.5. The van der Waals surface area contributed by atoms with E-state index in [9.17, 15) is 4.79 Å². The van der Waals surface area contributed by atoms with Crippen molar-refractivity contribution in [1.29, 1.82) is 0 Å². The van der Waals surface area contributed by atoms with E-state index in [0.29, 0.717) is 18.8 Å². The molecule has 2 heterocycles. The van der Waals surface area contributed by atoms with Crippen LogP contribution in [0.25, 0.3) is 11.1 Å². The molecule has 1 amide bonds. The van der Waals surface area contributed by atoms with Gasteiger partial charge < -0.3 is 9.88 Å². The van der Waals surface area contributed by atoms with Crippen LogP contribution in [0.2, 0.25) is 0 Å². The summed E-state index contributed by atoms with van der Waals surface area (Å²) in [6.07, 6.45) is 3.43. The SMILES string of the molecule is O=C(c1csnn1)N(Cc1ncc[nH]1)Cc1ccccc1-c1ccccc1. The van der Waals surface area contributed by atoms with Crippen molar-refractivity contribution in [2.45, 2.75) is 13.1 Å². The smallest absolute Gasteiger partial charge is 0.276 e. The number of carbonyl (C=O) groups is 1. The van der Waals surface area contributed by atoms with Crippen molar-refractivity contribution in [3.05, 3.63) is 89.5 Å². The number of aromatic amines is 1. The van der Waals surface area contributed by atoms with Crippen molar-refractivity contribution >= 4 is 17.4 Å². The van der Waals surface area contributed by atoms with Crippen LogP contribution in [0.4, 0.5) is 0 Å². The van der Waals surface area contributed by atoms with E-state index in [-0.39, 0.29) is 5.91 Å². The molecule has 1 N–H and O–H groups in total. The third-order valence-electron chi connectivity index (χ3n) is 4.23. The van der Waals surface area contributed by atoms with E-state index in [2.05, 4.69) is 37.8 Å². The first-order chi connectivity index (χ1) is 13.3. The van der Waals surface area contributed by atoms with Crippen molar-refractivity contribution in [2.75, 3.05) is 0 Å². The lowest BCUT2D eigenvalue weighted by molar-refractivity contribution is 0.0720. The summed E-state index contributed by atoms with van der Waals surface area (Å²) in [5, 5.41) is 5.60. The summed E-state index contributed by atoms with van der Waals surface area (Å²) in [6.45, 7) is 0.814. The van der Waals surface area contributed by atoms with Gasteiger partial charge in [0.05, 0.1) is 6.54 Å². The lowest BCUT2D eigenvalue weighted by Gasteiger charge is -2.22. The Kier molecular flexibility index (Phi) is 5.02. The van der Waals surface area contributed by atoms with E-state index in [1.54, 1.807) is 22.7 Å². The molecule has 0 unspecified atom stereocenters. The average molecular weight is 375 g/mol. The largest absolute Gasteiger partial charge is 0.347 e. The highest BCUT2D eigenvalue weighted by atomic mass is 32.1. The number of H-pyrrole nitrogens is 1. The molecule has 0 radical (unpaired) electrons. The summed E-state index contributed by atoms with van der Waals surface area (Å²) < 4.78 is 3.82. The van der Waals surface area contributed by atoms with E-state index >= 15 is 0 Å². The fourth-order valence-electron chi connectivity index (χ4n) is 2.95. The minimum absolute atomic E-state index is 0.164. The molecule has 27 heavy (non-hydrogen) atoms. The molecular formula is C20H17N5OS. The number of aromatic nitrogens is 4. The van der Waals surface area contributed by atoms with Gasteiger partial charge in [-0.1, -0.05) is 59.1 Å². The standard InChI is InChI=1S/C20H17N5OS/c26-20(18-14-27-24-23-18)25(13-19-21-10-11-22-19)12-16-8-4-5-9-17(16)15-6-2-1-3-7-15/h1-11,14H,12-13H2,(H,21,22). The zero-order valence-corrected chi connectivity index (χ0v) is 15.3. The summed E-state index contributed by atoms with van der Waals surface area (Å²) in [5.74, 6) is 0.562. The maximum Gasteiger partial charge on any atom is 0.276 e. The minimum atomic E-state index is -0.164. The number of amides is 1. The molecule has 0 aliphatic heterocycles.